The van der Waals surface area contributed by atoms with Gasteiger partial charge in [-0.1, -0.05) is 140 Å². The molecule has 1 fully saturated rings. The van der Waals surface area contributed by atoms with E-state index in [0.717, 1.165) is 64.7 Å². The molecule has 266 valence electrons. The van der Waals surface area contributed by atoms with Crippen LogP contribution in [0.5, 0.6) is 0 Å². The Hall–Kier alpha value is -6.64. The second kappa shape index (κ2) is 11.9. The zero-order valence-electron chi connectivity index (χ0n) is 31.1. The topological polar surface area (TPSA) is 16.4 Å². The van der Waals surface area contributed by atoms with Crippen LogP contribution in [-0.4, -0.2) is 0 Å². The van der Waals surface area contributed by atoms with Crippen LogP contribution in [0.2, 0.25) is 0 Å². The number of furan rings is 1. The predicted octanol–water partition coefficient (Wildman–Crippen LogP) is 14.5. The molecule has 1 saturated carbocycles. The number of hydrogen-bond donors (Lipinski definition) is 0. The average molecular weight is 718 g/mol. The van der Waals surface area contributed by atoms with Crippen LogP contribution in [0, 0.1) is 0 Å². The summed E-state index contributed by atoms with van der Waals surface area (Å²) in [6.07, 6.45) is 4.43. The molecule has 56 heavy (non-hydrogen) atoms. The zero-order chi connectivity index (χ0) is 36.8. The smallest absolute Gasteiger partial charge is 0.137 e. The van der Waals surface area contributed by atoms with E-state index in [9.17, 15) is 0 Å². The van der Waals surface area contributed by atoms with Crippen molar-refractivity contribution in [3.05, 3.63) is 210 Å². The quantitative estimate of drug-likeness (QED) is 0.180. The lowest BCUT2D eigenvalue weighted by Crippen LogP contribution is -2.39. The Morgan fingerprint density at radius 1 is 0.339 bits per heavy atom. The van der Waals surface area contributed by atoms with E-state index in [0.29, 0.717) is 0 Å². The molecule has 1 heterocycles. The lowest BCUT2D eigenvalue weighted by atomic mass is 9.57. The highest BCUT2D eigenvalue weighted by Gasteiger charge is 2.53. The van der Waals surface area contributed by atoms with Gasteiger partial charge in [0.05, 0.1) is 0 Å². The van der Waals surface area contributed by atoms with Crippen molar-refractivity contribution in [3.8, 4) is 33.4 Å². The summed E-state index contributed by atoms with van der Waals surface area (Å²) >= 11 is 0. The van der Waals surface area contributed by atoms with Gasteiger partial charge in [-0.25, -0.2) is 0 Å². The van der Waals surface area contributed by atoms with Crippen LogP contribution in [-0.2, 0) is 10.8 Å². The minimum absolute atomic E-state index is 0.0439. The zero-order valence-corrected chi connectivity index (χ0v) is 31.1. The highest BCUT2D eigenvalue weighted by atomic mass is 16.3. The fourth-order valence-corrected chi connectivity index (χ4v) is 10.9. The van der Waals surface area contributed by atoms with Crippen molar-refractivity contribution in [1.82, 2.24) is 0 Å². The van der Waals surface area contributed by atoms with Crippen LogP contribution >= 0.6 is 0 Å². The molecule has 2 spiro atoms. The molecule has 0 bridgehead atoms. The lowest BCUT2D eigenvalue weighted by Gasteiger charge is -2.45. The van der Waals surface area contributed by atoms with Gasteiger partial charge in [0, 0.05) is 44.7 Å². The van der Waals surface area contributed by atoms with Gasteiger partial charge < -0.3 is 9.32 Å². The highest BCUT2D eigenvalue weighted by Crippen LogP contribution is 2.64. The maximum atomic E-state index is 6.47. The Labute approximate surface area is 327 Å². The maximum Gasteiger partial charge on any atom is 0.137 e. The SMILES string of the molecule is c1ccc(-c2ccc(N(c3ccc4c(c3)C3(CCC5(CC3)c3ccccc3-c3ccccc35)c3ccccc3-4)c3ccc4c(c3)oc3ccccc34)cc2)cc1. The fraction of sp³-hybridized carbons (Fsp3) is 0.111. The normalized spacial score (nSPS) is 15.5. The Morgan fingerprint density at radius 3 is 1.46 bits per heavy atom. The minimum Gasteiger partial charge on any atom is -0.456 e. The third-order valence-corrected chi connectivity index (χ3v) is 13.5. The summed E-state index contributed by atoms with van der Waals surface area (Å²) in [6.45, 7) is 0. The Kier molecular flexibility index (Phi) is 6.75. The monoisotopic (exact) mass is 717 g/mol. The van der Waals surface area contributed by atoms with Crippen molar-refractivity contribution in [3.63, 3.8) is 0 Å². The molecule has 2 nitrogen and oxygen atoms in total. The van der Waals surface area contributed by atoms with Crippen LogP contribution in [0.1, 0.15) is 47.9 Å². The lowest BCUT2D eigenvalue weighted by molar-refractivity contribution is 0.265. The standard InChI is InChI=1S/C54H39NO/c1-2-12-36(13-3-1)37-22-24-38(25-23-37)55(40-27-29-46-45-17-7-11-21-51(45)56-52(46)35-40)39-26-28-44-43-16-6-10-20-49(43)54(50(44)34-39)32-30-53(31-33-54)47-18-8-4-14-41(47)42-15-5-9-19-48(42)53/h1-29,34-35H,30-33H2. The van der Waals surface area contributed by atoms with E-state index in [1.807, 2.05) is 6.07 Å². The van der Waals surface area contributed by atoms with E-state index in [4.69, 9.17) is 4.42 Å². The molecular weight excluding hydrogens is 679 g/mol. The van der Waals surface area contributed by atoms with Gasteiger partial charge in [-0.05, 0) is 124 Å². The second-order valence-electron chi connectivity index (χ2n) is 16.1. The first-order valence-corrected chi connectivity index (χ1v) is 20.0. The molecule has 0 amide bonds. The molecule has 0 aliphatic heterocycles. The largest absolute Gasteiger partial charge is 0.456 e. The Bertz CT molecular complexity index is 2930. The van der Waals surface area contributed by atoms with Gasteiger partial charge in [0.2, 0.25) is 0 Å². The van der Waals surface area contributed by atoms with E-state index in [1.165, 1.54) is 55.6 Å². The molecule has 0 radical (unpaired) electrons. The third-order valence-electron chi connectivity index (χ3n) is 13.5. The summed E-state index contributed by atoms with van der Waals surface area (Å²) in [5, 5.41) is 2.28. The van der Waals surface area contributed by atoms with Crippen LogP contribution < -0.4 is 4.90 Å². The van der Waals surface area contributed by atoms with E-state index < -0.39 is 0 Å². The van der Waals surface area contributed by atoms with Crippen LogP contribution in [0.25, 0.3) is 55.3 Å². The molecule has 3 aliphatic carbocycles. The van der Waals surface area contributed by atoms with Gasteiger partial charge in [-0.3, -0.25) is 0 Å². The molecule has 0 unspecified atom stereocenters. The van der Waals surface area contributed by atoms with Gasteiger partial charge in [-0.2, -0.15) is 0 Å². The Morgan fingerprint density at radius 2 is 0.804 bits per heavy atom. The van der Waals surface area contributed by atoms with Crippen molar-refractivity contribution in [1.29, 1.82) is 0 Å². The summed E-state index contributed by atoms with van der Waals surface area (Å²) < 4.78 is 6.47. The molecule has 0 N–H and O–H groups in total. The van der Waals surface area contributed by atoms with Crippen molar-refractivity contribution < 1.29 is 4.42 Å². The summed E-state index contributed by atoms with van der Waals surface area (Å²) in [5.74, 6) is 0. The Balaban J connectivity index is 1.01. The van der Waals surface area contributed by atoms with Crippen molar-refractivity contribution in [2.75, 3.05) is 4.90 Å². The van der Waals surface area contributed by atoms with Gasteiger partial charge in [0.1, 0.15) is 11.2 Å². The van der Waals surface area contributed by atoms with Gasteiger partial charge in [-0.15, -0.1) is 0 Å². The number of fused-ring (bicyclic) bond motifs is 13. The number of nitrogens with zero attached hydrogens (tertiary/aromatic N) is 1. The fourth-order valence-electron chi connectivity index (χ4n) is 10.9. The van der Waals surface area contributed by atoms with Gasteiger partial charge in [0.15, 0.2) is 0 Å². The van der Waals surface area contributed by atoms with E-state index in [-0.39, 0.29) is 10.8 Å². The molecule has 12 rings (SSSR count). The number of benzene rings is 8. The summed E-state index contributed by atoms with van der Waals surface area (Å²) in [6, 6.07) is 69.6. The maximum absolute atomic E-state index is 6.47. The van der Waals surface area contributed by atoms with Crippen molar-refractivity contribution in [2.45, 2.75) is 36.5 Å². The average Bonchev–Trinajstić information content (AvgIpc) is 3.87. The first-order chi connectivity index (χ1) is 27.7. The molecule has 0 atom stereocenters. The van der Waals surface area contributed by atoms with E-state index in [1.54, 1.807) is 0 Å². The second-order valence-corrected chi connectivity index (χ2v) is 16.1. The molecular formula is C54H39NO. The summed E-state index contributed by atoms with van der Waals surface area (Å²) in [7, 11) is 0. The number of rotatable bonds is 4. The van der Waals surface area contributed by atoms with Crippen LogP contribution in [0.3, 0.4) is 0 Å². The molecule has 1 aromatic heterocycles. The molecule has 9 aromatic rings. The van der Waals surface area contributed by atoms with Gasteiger partial charge in [0.25, 0.3) is 0 Å². The molecule has 2 heteroatoms. The number of para-hydroxylation sites is 1. The summed E-state index contributed by atoms with van der Waals surface area (Å²) in [4.78, 5) is 2.42. The first kappa shape index (κ1) is 31.7. The van der Waals surface area contributed by atoms with Crippen LogP contribution in [0.4, 0.5) is 17.1 Å². The highest BCUT2D eigenvalue weighted by molar-refractivity contribution is 6.06. The first-order valence-electron chi connectivity index (χ1n) is 20.0. The minimum atomic E-state index is -0.0643. The summed E-state index contributed by atoms with van der Waals surface area (Å²) in [5.41, 5.74) is 19.2. The molecule has 3 aliphatic rings. The number of anilines is 3. The van der Waals surface area contributed by atoms with Gasteiger partial charge >= 0.3 is 0 Å². The third kappa shape index (κ3) is 4.44. The van der Waals surface area contributed by atoms with Crippen molar-refractivity contribution >= 4 is 39.0 Å². The predicted molar refractivity (Wildman–Crippen MR) is 231 cm³/mol. The molecule has 8 aromatic carbocycles. The van der Waals surface area contributed by atoms with E-state index >= 15 is 0 Å². The molecule has 0 saturated heterocycles. The van der Waals surface area contributed by atoms with E-state index in [2.05, 4.69) is 187 Å². The number of hydrogen-bond acceptors (Lipinski definition) is 2. The van der Waals surface area contributed by atoms with Crippen LogP contribution in [0.15, 0.2) is 192 Å². The van der Waals surface area contributed by atoms with Crippen molar-refractivity contribution in [2.24, 2.45) is 0 Å².